The summed E-state index contributed by atoms with van der Waals surface area (Å²) in [6.45, 7) is 0.579. The monoisotopic (exact) mass is 540 g/mol. The third-order valence-electron chi connectivity index (χ3n) is 6.80. The lowest BCUT2D eigenvalue weighted by molar-refractivity contribution is 0.146. The van der Waals surface area contributed by atoms with Gasteiger partial charge in [-0.15, -0.1) is 0 Å². The standard InChI is InChI=1S/C25H28F4N4O3S/c1-33-23-18(20(30-15-31-23)7-6-16-4-3-5-17(21(16)26)22(27)28)14-19(24(33)34)25(29)8-12-37(35,13-9-25)32-10-11-36-2/h3-5,14-15,22H,6-13H2,1-2H3. The highest BCUT2D eigenvalue weighted by atomic mass is 32.2. The third kappa shape index (κ3) is 5.54. The van der Waals surface area contributed by atoms with Crippen LogP contribution in [0.1, 0.15) is 41.7 Å². The quantitative estimate of drug-likeness (QED) is 0.315. The molecule has 1 saturated heterocycles. The molecular formula is C25H28F4N4O3S. The predicted octanol–water partition coefficient (Wildman–Crippen LogP) is 4.26. The van der Waals surface area contributed by atoms with Gasteiger partial charge in [-0.2, -0.15) is 0 Å². The zero-order chi connectivity index (χ0) is 26.8. The van der Waals surface area contributed by atoms with Crippen molar-refractivity contribution in [2.45, 2.75) is 37.8 Å². The van der Waals surface area contributed by atoms with Crippen LogP contribution in [-0.2, 0) is 40.0 Å². The molecule has 0 amide bonds. The van der Waals surface area contributed by atoms with Gasteiger partial charge < -0.3 is 4.74 Å². The summed E-state index contributed by atoms with van der Waals surface area (Å²) >= 11 is 0. The molecule has 2 aromatic heterocycles. The van der Waals surface area contributed by atoms with E-state index >= 15 is 4.39 Å². The van der Waals surface area contributed by atoms with Gasteiger partial charge in [0.2, 0.25) is 0 Å². The van der Waals surface area contributed by atoms with Crippen molar-refractivity contribution in [3.8, 4) is 0 Å². The summed E-state index contributed by atoms with van der Waals surface area (Å²) in [6, 6.07) is 5.27. The number of methoxy groups -OCH3 is 1. The van der Waals surface area contributed by atoms with Gasteiger partial charge in [0, 0.05) is 40.8 Å². The smallest absolute Gasteiger partial charge is 0.266 e. The molecule has 7 nitrogen and oxygen atoms in total. The number of hydrogen-bond acceptors (Lipinski definition) is 6. The summed E-state index contributed by atoms with van der Waals surface area (Å²) in [4.78, 5) is 21.6. The largest absolute Gasteiger partial charge is 0.383 e. The van der Waals surface area contributed by atoms with Gasteiger partial charge in [-0.25, -0.2) is 36.1 Å². The Labute approximate surface area is 212 Å². The highest BCUT2D eigenvalue weighted by Crippen LogP contribution is 2.38. The van der Waals surface area contributed by atoms with E-state index in [0.717, 1.165) is 6.07 Å². The number of aryl methyl sites for hydroxylation is 3. The Morgan fingerprint density at radius 3 is 2.62 bits per heavy atom. The summed E-state index contributed by atoms with van der Waals surface area (Å²) in [5.74, 6) is -0.924. The number of halogens is 4. The van der Waals surface area contributed by atoms with E-state index in [1.165, 1.54) is 43.3 Å². The Bertz CT molecular complexity index is 1470. The van der Waals surface area contributed by atoms with Crippen molar-refractivity contribution < 1.29 is 26.5 Å². The van der Waals surface area contributed by atoms with Gasteiger partial charge in [0.05, 0.1) is 30.0 Å². The number of hydrogen-bond donors (Lipinski definition) is 0. The van der Waals surface area contributed by atoms with E-state index in [1.807, 2.05) is 0 Å². The van der Waals surface area contributed by atoms with Gasteiger partial charge in [0.15, 0.2) is 0 Å². The van der Waals surface area contributed by atoms with Gasteiger partial charge in [0.25, 0.3) is 12.0 Å². The number of fused-ring (bicyclic) bond motifs is 1. The molecule has 37 heavy (non-hydrogen) atoms. The Balaban J connectivity index is 1.67. The molecule has 4 rings (SSSR count). The fourth-order valence-corrected chi connectivity index (χ4v) is 6.77. The van der Waals surface area contributed by atoms with Crippen molar-refractivity contribution >= 4 is 20.8 Å². The molecular weight excluding hydrogens is 512 g/mol. The van der Waals surface area contributed by atoms with E-state index in [1.54, 1.807) is 0 Å². The lowest BCUT2D eigenvalue weighted by Crippen LogP contribution is -2.39. The van der Waals surface area contributed by atoms with Crippen LogP contribution in [0.5, 0.6) is 0 Å². The van der Waals surface area contributed by atoms with Crippen LogP contribution in [0.2, 0.25) is 0 Å². The zero-order valence-electron chi connectivity index (χ0n) is 20.6. The SMILES string of the molecule is COCCN=S1(=O)CCC(F)(c2cc3c(CCc4cccc(C(F)F)c4F)ncnc3n(C)c2=O)CC1. The van der Waals surface area contributed by atoms with Gasteiger partial charge in [-0.3, -0.25) is 9.36 Å². The molecule has 0 atom stereocenters. The third-order valence-corrected chi connectivity index (χ3v) is 9.14. The maximum atomic E-state index is 16.2. The Kier molecular flexibility index (Phi) is 7.98. The van der Waals surface area contributed by atoms with Crippen LogP contribution in [-0.4, -0.2) is 50.5 Å². The summed E-state index contributed by atoms with van der Waals surface area (Å²) in [6.07, 6.45) is -1.70. The first-order valence-corrected chi connectivity index (χ1v) is 13.7. The molecule has 1 aliphatic heterocycles. The van der Waals surface area contributed by atoms with Gasteiger partial charge in [-0.05, 0) is 37.3 Å². The van der Waals surface area contributed by atoms with Crippen LogP contribution in [0.3, 0.4) is 0 Å². The number of aromatic nitrogens is 3. The summed E-state index contributed by atoms with van der Waals surface area (Å²) < 4.78 is 80.2. The fraction of sp³-hybridized carbons (Fsp3) is 0.480. The molecule has 200 valence electrons. The van der Waals surface area contributed by atoms with E-state index < -0.39 is 38.8 Å². The van der Waals surface area contributed by atoms with Crippen LogP contribution < -0.4 is 5.56 Å². The topological polar surface area (TPSA) is 86.4 Å². The number of alkyl halides is 3. The number of benzene rings is 1. The first kappa shape index (κ1) is 27.2. The molecule has 1 fully saturated rings. The van der Waals surface area contributed by atoms with Crippen molar-refractivity contribution in [2.75, 3.05) is 31.8 Å². The van der Waals surface area contributed by atoms with Crippen LogP contribution in [0.25, 0.3) is 11.0 Å². The summed E-state index contributed by atoms with van der Waals surface area (Å²) in [7, 11) is 0.407. The molecule has 0 spiro atoms. The summed E-state index contributed by atoms with van der Waals surface area (Å²) in [5.41, 5.74) is -2.50. The number of pyridine rings is 1. The van der Waals surface area contributed by atoms with Crippen molar-refractivity contribution in [2.24, 2.45) is 11.4 Å². The highest BCUT2D eigenvalue weighted by molar-refractivity contribution is 7.93. The lowest BCUT2D eigenvalue weighted by atomic mass is 9.90. The van der Waals surface area contributed by atoms with Gasteiger partial charge in [-0.1, -0.05) is 18.2 Å². The van der Waals surface area contributed by atoms with E-state index in [0.29, 0.717) is 17.7 Å². The minimum Gasteiger partial charge on any atom is -0.383 e. The first-order valence-electron chi connectivity index (χ1n) is 11.8. The van der Waals surface area contributed by atoms with Crippen LogP contribution in [0, 0.1) is 5.82 Å². The molecule has 1 aromatic carbocycles. The minimum atomic E-state index is -2.93. The van der Waals surface area contributed by atoms with Crippen molar-refractivity contribution in [3.63, 3.8) is 0 Å². The lowest BCUT2D eigenvalue weighted by Gasteiger charge is -2.31. The van der Waals surface area contributed by atoms with Gasteiger partial charge >= 0.3 is 0 Å². The Morgan fingerprint density at radius 1 is 1.22 bits per heavy atom. The summed E-state index contributed by atoms with van der Waals surface area (Å²) in [5, 5.41) is 0.415. The fourth-order valence-electron chi connectivity index (χ4n) is 4.62. The molecule has 0 radical (unpaired) electrons. The highest BCUT2D eigenvalue weighted by Gasteiger charge is 2.40. The maximum Gasteiger partial charge on any atom is 0.266 e. The van der Waals surface area contributed by atoms with Crippen LogP contribution in [0.15, 0.2) is 39.8 Å². The molecule has 0 saturated carbocycles. The normalized spacial score (nSPS) is 22.0. The second-order valence-electron chi connectivity index (χ2n) is 9.09. The van der Waals surface area contributed by atoms with Gasteiger partial charge in [0.1, 0.15) is 23.5 Å². The van der Waals surface area contributed by atoms with Crippen LogP contribution >= 0.6 is 0 Å². The number of rotatable bonds is 8. The Hall–Kier alpha value is -2.86. The average Bonchev–Trinajstić information content (AvgIpc) is 2.87. The number of nitrogens with zero attached hydrogens (tertiary/aromatic N) is 4. The van der Waals surface area contributed by atoms with E-state index in [4.69, 9.17) is 4.74 Å². The van der Waals surface area contributed by atoms with Crippen molar-refractivity contribution in [3.05, 3.63) is 69.1 Å². The van der Waals surface area contributed by atoms with Crippen molar-refractivity contribution in [1.29, 1.82) is 0 Å². The maximum absolute atomic E-state index is 16.2. The number of ether oxygens (including phenoxy) is 1. The second-order valence-corrected chi connectivity index (χ2v) is 11.7. The molecule has 3 heterocycles. The molecule has 12 heteroatoms. The van der Waals surface area contributed by atoms with E-state index in [9.17, 15) is 22.2 Å². The van der Waals surface area contributed by atoms with E-state index in [2.05, 4.69) is 14.3 Å². The molecule has 0 unspecified atom stereocenters. The minimum absolute atomic E-state index is 0.0201. The van der Waals surface area contributed by atoms with E-state index in [-0.39, 0.29) is 60.5 Å². The Morgan fingerprint density at radius 2 is 1.95 bits per heavy atom. The molecule has 0 bridgehead atoms. The molecule has 0 N–H and O–H groups in total. The van der Waals surface area contributed by atoms with Crippen LogP contribution in [0.4, 0.5) is 17.6 Å². The molecule has 0 aliphatic carbocycles. The zero-order valence-corrected chi connectivity index (χ0v) is 21.4. The predicted molar refractivity (Wildman–Crippen MR) is 133 cm³/mol. The molecule has 3 aromatic rings. The average molecular weight is 541 g/mol. The molecule has 1 aliphatic rings. The second kappa shape index (κ2) is 10.9. The first-order chi connectivity index (χ1) is 17.6. The van der Waals surface area contributed by atoms with Crippen molar-refractivity contribution in [1.82, 2.24) is 14.5 Å².